The second-order valence-electron chi connectivity index (χ2n) is 4.44. The Kier molecular flexibility index (Phi) is 14.6. The molecule has 0 aliphatic rings. The van der Waals surface area contributed by atoms with Gasteiger partial charge in [-0.3, -0.25) is 0 Å². The van der Waals surface area contributed by atoms with E-state index >= 15 is 0 Å². The summed E-state index contributed by atoms with van der Waals surface area (Å²) in [5.74, 6) is 0. The lowest BCUT2D eigenvalue weighted by molar-refractivity contribution is -0.299. The number of rotatable bonds is 15. The zero-order chi connectivity index (χ0) is 15.1. The summed E-state index contributed by atoms with van der Waals surface area (Å²) in [4.78, 5) is 9.77. The summed E-state index contributed by atoms with van der Waals surface area (Å²) >= 11 is 4.85. The molecule has 0 aromatic carbocycles. The SMILES string of the molecule is CCCCCCOOP(=S)(OO)OOCCCCCC. The van der Waals surface area contributed by atoms with Crippen molar-refractivity contribution in [3.05, 3.63) is 0 Å². The van der Waals surface area contributed by atoms with Crippen LogP contribution in [0.5, 0.6) is 0 Å². The van der Waals surface area contributed by atoms with Gasteiger partial charge in [-0.05, 0) is 24.6 Å². The highest BCUT2D eigenvalue weighted by Gasteiger charge is 2.24. The third-order valence-electron chi connectivity index (χ3n) is 2.55. The zero-order valence-electron chi connectivity index (χ0n) is 12.4. The fraction of sp³-hybridized carbons (Fsp3) is 1.00. The lowest BCUT2D eigenvalue weighted by atomic mass is 10.2. The minimum Gasteiger partial charge on any atom is -0.243 e. The van der Waals surface area contributed by atoms with Crippen LogP contribution in [0.25, 0.3) is 0 Å². The molecule has 0 saturated carbocycles. The molecule has 0 aliphatic heterocycles. The Morgan fingerprint density at radius 1 is 0.800 bits per heavy atom. The van der Waals surface area contributed by atoms with Gasteiger partial charge in [0.15, 0.2) is 0 Å². The van der Waals surface area contributed by atoms with Gasteiger partial charge in [0, 0.05) is 0 Å². The van der Waals surface area contributed by atoms with Crippen LogP contribution in [-0.4, -0.2) is 18.5 Å². The van der Waals surface area contributed by atoms with Crippen LogP contribution in [0, 0.1) is 0 Å². The average Bonchev–Trinajstić information content (AvgIpc) is 2.46. The van der Waals surface area contributed by atoms with Crippen LogP contribution in [0.3, 0.4) is 0 Å². The maximum absolute atomic E-state index is 8.70. The highest BCUT2D eigenvalue weighted by Crippen LogP contribution is 2.49. The molecule has 0 bridgehead atoms. The molecule has 8 heteroatoms. The third-order valence-corrected chi connectivity index (χ3v) is 3.89. The Morgan fingerprint density at radius 3 is 1.60 bits per heavy atom. The van der Waals surface area contributed by atoms with E-state index in [0.717, 1.165) is 51.4 Å². The molecule has 0 atom stereocenters. The van der Waals surface area contributed by atoms with E-state index in [4.69, 9.17) is 36.2 Å². The molecular weight excluding hydrogens is 303 g/mol. The number of unbranched alkanes of at least 4 members (excludes halogenated alkanes) is 6. The molecule has 1 N–H and O–H groups in total. The summed E-state index contributed by atoms with van der Waals surface area (Å²) in [6.45, 7) is 1.64. The van der Waals surface area contributed by atoms with Crippen molar-refractivity contribution in [3.63, 3.8) is 0 Å². The maximum Gasteiger partial charge on any atom is 0.410 e. The Bertz CT molecular complexity index is 234. The predicted molar refractivity (Wildman–Crippen MR) is 80.4 cm³/mol. The predicted octanol–water partition coefficient (Wildman–Crippen LogP) is 4.76. The smallest absolute Gasteiger partial charge is 0.243 e. The molecule has 0 aromatic heterocycles. The molecule has 0 spiro atoms. The van der Waals surface area contributed by atoms with Crippen molar-refractivity contribution in [3.8, 4) is 0 Å². The first-order valence-corrected chi connectivity index (χ1v) is 9.79. The van der Waals surface area contributed by atoms with Crippen molar-refractivity contribution in [2.24, 2.45) is 0 Å². The first-order chi connectivity index (χ1) is 9.68. The Labute approximate surface area is 126 Å². The van der Waals surface area contributed by atoms with Gasteiger partial charge in [0.1, 0.15) is 0 Å². The van der Waals surface area contributed by atoms with Gasteiger partial charge in [-0.15, -0.1) is 14.0 Å². The van der Waals surface area contributed by atoms with Crippen LogP contribution in [0.4, 0.5) is 0 Å². The van der Waals surface area contributed by atoms with E-state index in [1.807, 2.05) is 0 Å². The molecule has 0 unspecified atom stereocenters. The van der Waals surface area contributed by atoms with E-state index in [0.29, 0.717) is 13.2 Å². The highest BCUT2D eigenvalue weighted by molar-refractivity contribution is 8.07. The summed E-state index contributed by atoms with van der Waals surface area (Å²) in [6, 6.07) is 0. The van der Waals surface area contributed by atoms with Crippen LogP contribution in [-0.2, 0) is 35.6 Å². The summed E-state index contributed by atoms with van der Waals surface area (Å²) in [5, 5.41) is 8.70. The Hall–Kier alpha value is 0.410. The molecule has 0 amide bonds. The van der Waals surface area contributed by atoms with Crippen molar-refractivity contribution in [2.45, 2.75) is 65.2 Å². The second kappa shape index (κ2) is 14.4. The normalized spacial score (nSPS) is 11.9. The van der Waals surface area contributed by atoms with E-state index < -0.39 is 6.72 Å². The molecule has 0 radical (unpaired) electrons. The van der Waals surface area contributed by atoms with E-state index in [1.165, 1.54) is 0 Å². The van der Waals surface area contributed by atoms with E-state index in [1.54, 1.807) is 0 Å². The van der Waals surface area contributed by atoms with Crippen molar-refractivity contribution >= 4 is 18.5 Å². The van der Waals surface area contributed by atoms with Crippen molar-refractivity contribution in [1.29, 1.82) is 0 Å². The molecule has 0 aromatic rings. The lowest BCUT2D eigenvalue weighted by Gasteiger charge is -2.15. The van der Waals surface area contributed by atoms with Crippen molar-refractivity contribution < 1.29 is 29.1 Å². The summed E-state index contributed by atoms with van der Waals surface area (Å²) in [6.07, 6.45) is 8.39. The topological polar surface area (TPSA) is 66.4 Å². The summed E-state index contributed by atoms with van der Waals surface area (Å²) in [7, 11) is 0. The number of hydrogen-bond acceptors (Lipinski definition) is 7. The van der Waals surface area contributed by atoms with E-state index in [2.05, 4.69) is 18.5 Å². The molecule has 0 rings (SSSR count). The van der Waals surface area contributed by atoms with Gasteiger partial charge in [0.05, 0.1) is 13.2 Å². The standard InChI is InChI=1S/C12H27O6PS/c1-3-5-7-9-11-14-17-19(20,16-13)18-15-12-10-8-6-4-2/h13H,3-12H2,1-2H3. The first-order valence-electron chi connectivity index (χ1n) is 7.24. The van der Waals surface area contributed by atoms with Gasteiger partial charge >= 0.3 is 6.72 Å². The first kappa shape index (κ1) is 20.4. The third kappa shape index (κ3) is 12.2. The molecule has 0 aliphatic carbocycles. The number of hydrogen-bond donors (Lipinski definition) is 1. The molecular formula is C12H27O6PS. The quantitative estimate of drug-likeness (QED) is 0.201. The fourth-order valence-corrected chi connectivity index (χ4v) is 2.16. The van der Waals surface area contributed by atoms with Crippen LogP contribution in [0.2, 0.25) is 0 Å². The van der Waals surface area contributed by atoms with Gasteiger partial charge in [-0.1, -0.05) is 52.4 Å². The van der Waals surface area contributed by atoms with Crippen LogP contribution in [0.15, 0.2) is 0 Å². The van der Waals surface area contributed by atoms with Gasteiger partial charge in [-0.25, -0.2) is 15.0 Å². The van der Waals surface area contributed by atoms with Crippen molar-refractivity contribution in [2.75, 3.05) is 13.2 Å². The monoisotopic (exact) mass is 330 g/mol. The molecule has 20 heavy (non-hydrogen) atoms. The van der Waals surface area contributed by atoms with Crippen LogP contribution < -0.4 is 0 Å². The highest BCUT2D eigenvalue weighted by atomic mass is 32.5. The molecule has 122 valence electrons. The lowest BCUT2D eigenvalue weighted by Crippen LogP contribution is -2.02. The van der Waals surface area contributed by atoms with Gasteiger partial charge in [-0.2, -0.15) is 0 Å². The average molecular weight is 330 g/mol. The largest absolute Gasteiger partial charge is 0.410 e. The van der Waals surface area contributed by atoms with Crippen molar-refractivity contribution in [1.82, 2.24) is 0 Å². The molecule has 0 heterocycles. The van der Waals surface area contributed by atoms with E-state index in [-0.39, 0.29) is 0 Å². The van der Waals surface area contributed by atoms with Crippen LogP contribution >= 0.6 is 6.72 Å². The summed E-state index contributed by atoms with van der Waals surface area (Å²) < 4.78 is 13.6. The molecule has 6 nitrogen and oxygen atoms in total. The Balaban J connectivity index is 3.60. The molecule has 0 saturated heterocycles. The van der Waals surface area contributed by atoms with Gasteiger partial charge < -0.3 is 0 Å². The fourth-order valence-electron chi connectivity index (χ4n) is 1.42. The summed E-state index contributed by atoms with van der Waals surface area (Å²) in [5.41, 5.74) is 0. The Morgan fingerprint density at radius 2 is 1.25 bits per heavy atom. The van der Waals surface area contributed by atoms with E-state index in [9.17, 15) is 0 Å². The van der Waals surface area contributed by atoms with Gasteiger partial charge in [0.2, 0.25) is 0 Å². The van der Waals surface area contributed by atoms with Crippen LogP contribution in [0.1, 0.15) is 65.2 Å². The maximum atomic E-state index is 8.70. The molecule has 0 fully saturated rings. The zero-order valence-corrected chi connectivity index (χ0v) is 14.1. The minimum atomic E-state index is -3.37. The minimum absolute atomic E-state index is 0.377. The second-order valence-corrected chi connectivity index (χ2v) is 7.14. The van der Waals surface area contributed by atoms with Gasteiger partial charge in [0.25, 0.3) is 0 Å².